The number of carbonyl (C=O) groups excluding carboxylic acids is 3. The second kappa shape index (κ2) is 10.5. The van der Waals surface area contributed by atoms with Gasteiger partial charge in [0.05, 0.1) is 40.9 Å². The number of phenolic OH excluding ortho intramolecular Hbond substituents is 1. The van der Waals surface area contributed by atoms with Crippen molar-refractivity contribution in [2.75, 3.05) is 18.6 Å². The van der Waals surface area contributed by atoms with Crippen LogP contribution >= 0.6 is 23.2 Å². The van der Waals surface area contributed by atoms with Crippen LogP contribution in [-0.2, 0) is 14.3 Å². The SMILES string of the molecule is CCOC(=O)c1ccc(N2C(=O)C(=O)/C(=C(/O)c3cc(Cl)c(OC)c(Cl)c3)C2c2ccc(O)cc2)cc1. The topological polar surface area (TPSA) is 113 Å². The van der Waals surface area contributed by atoms with Gasteiger partial charge >= 0.3 is 5.97 Å². The summed E-state index contributed by atoms with van der Waals surface area (Å²) in [6, 6.07) is 13.5. The highest BCUT2D eigenvalue weighted by atomic mass is 35.5. The summed E-state index contributed by atoms with van der Waals surface area (Å²) >= 11 is 12.5. The second-order valence-corrected chi connectivity index (χ2v) is 8.82. The number of aliphatic hydroxyl groups is 1. The van der Waals surface area contributed by atoms with Gasteiger partial charge in [0.25, 0.3) is 11.7 Å². The second-order valence-electron chi connectivity index (χ2n) is 8.00. The van der Waals surface area contributed by atoms with Crippen molar-refractivity contribution >= 4 is 52.3 Å². The van der Waals surface area contributed by atoms with E-state index in [1.54, 1.807) is 6.92 Å². The number of aliphatic hydroxyl groups excluding tert-OH is 1. The van der Waals surface area contributed by atoms with Crippen LogP contribution in [0, 0.1) is 0 Å². The summed E-state index contributed by atoms with van der Waals surface area (Å²) in [5.74, 6) is -2.68. The third kappa shape index (κ3) is 4.85. The van der Waals surface area contributed by atoms with Crippen molar-refractivity contribution in [3.8, 4) is 11.5 Å². The minimum atomic E-state index is -1.06. The van der Waals surface area contributed by atoms with Crippen LogP contribution < -0.4 is 9.64 Å². The Labute approximate surface area is 222 Å². The van der Waals surface area contributed by atoms with Crippen molar-refractivity contribution < 1.29 is 34.1 Å². The molecular formula is C27H21Cl2NO7. The molecule has 37 heavy (non-hydrogen) atoms. The van der Waals surface area contributed by atoms with E-state index >= 15 is 0 Å². The zero-order valence-corrected chi connectivity index (χ0v) is 21.2. The highest BCUT2D eigenvalue weighted by Crippen LogP contribution is 2.44. The molecule has 0 bridgehead atoms. The normalized spacial score (nSPS) is 16.6. The van der Waals surface area contributed by atoms with Crippen molar-refractivity contribution in [3.63, 3.8) is 0 Å². The van der Waals surface area contributed by atoms with Crippen LogP contribution in [0.4, 0.5) is 5.69 Å². The number of phenols is 1. The van der Waals surface area contributed by atoms with E-state index in [1.165, 1.54) is 72.7 Å². The minimum absolute atomic E-state index is 0.0202. The van der Waals surface area contributed by atoms with Crippen molar-refractivity contribution in [2.24, 2.45) is 0 Å². The maximum absolute atomic E-state index is 13.3. The number of carbonyl (C=O) groups is 3. The number of benzene rings is 3. The lowest BCUT2D eigenvalue weighted by molar-refractivity contribution is -0.132. The number of methoxy groups -OCH3 is 1. The first kappa shape index (κ1) is 26.1. The number of hydrogen-bond acceptors (Lipinski definition) is 7. The molecule has 1 saturated heterocycles. The molecule has 1 amide bonds. The molecule has 0 aliphatic carbocycles. The van der Waals surface area contributed by atoms with Crippen LogP contribution in [0.2, 0.25) is 10.0 Å². The molecule has 1 heterocycles. The van der Waals surface area contributed by atoms with Crippen LogP contribution in [0.25, 0.3) is 5.76 Å². The van der Waals surface area contributed by atoms with Gasteiger partial charge in [-0.05, 0) is 61.0 Å². The Morgan fingerprint density at radius 2 is 1.57 bits per heavy atom. The highest BCUT2D eigenvalue weighted by Gasteiger charge is 2.47. The molecule has 3 aromatic carbocycles. The lowest BCUT2D eigenvalue weighted by Gasteiger charge is -2.25. The molecule has 8 nitrogen and oxygen atoms in total. The summed E-state index contributed by atoms with van der Waals surface area (Å²) in [4.78, 5) is 39.8. The number of rotatable bonds is 6. The Bertz CT molecular complexity index is 1390. The van der Waals surface area contributed by atoms with Crippen LogP contribution in [0.1, 0.15) is 34.5 Å². The summed E-state index contributed by atoms with van der Waals surface area (Å²) in [6.45, 7) is 1.89. The van der Waals surface area contributed by atoms with E-state index in [0.717, 1.165) is 0 Å². The molecule has 0 radical (unpaired) electrons. The lowest BCUT2D eigenvalue weighted by atomic mass is 9.95. The number of anilines is 1. The number of ketones is 1. The Hall–Kier alpha value is -4.01. The predicted octanol–water partition coefficient (Wildman–Crippen LogP) is 5.51. The fourth-order valence-electron chi connectivity index (χ4n) is 4.09. The van der Waals surface area contributed by atoms with E-state index in [9.17, 15) is 24.6 Å². The first-order valence-electron chi connectivity index (χ1n) is 11.1. The molecule has 1 fully saturated rings. The third-order valence-electron chi connectivity index (χ3n) is 5.79. The number of Topliss-reactive ketones (excluding diaryl/α,β-unsaturated/α-hetero) is 1. The number of ether oxygens (including phenoxy) is 2. The fraction of sp³-hybridized carbons (Fsp3) is 0.148. The van der Waals surface area contributed by atoms with Gasteiger partial charge in [0.1, 0.15) is 11.5 Å². The minimum Gasteiger partial charge on any atom is -0.508 e. The maximum Gasteiger partial charge on any atom is 0.338 e. The molecule has 4 rings (SSSR count). The van der Waals surface area contributed by atoms with Gasteiger partial charge in [0.15, 0.2) is 5.75 Å². The molecule has 0 aromatic heterocycles. The monoisotopic (exact) mass is 541 g/mol. The summed E-state index contributed by atoms with van der Waals surface area (Å²) < 4.78 is 10.1. The molecule has 0 spiro atoms. The van der Waals surface area contributed by atoms with Crippen LogP contribution in [0.3, 0.4) is 0 Å². The largest absolute Gasteiger partial charge is 0.508 e. The maximum atomic E-state index is 13.3. The number of aromatic hydroxyl groups is 1. The van der Waals surface area contributed by atoms with E-state index in [4.69, 9.17) is 32.7 Å². The van der Waals surface area contributed by atoms with E-state index in [-0.39, 0.29) is 44.9 Å². The molecule has 2 N–H and O–H groups in total. The third-order valence-corrected chi connectivity index (χ3v) is 6.35. The lowest BCUT2D eigenvalue weighted by Crippen LogP contribution is -2.29. The Morgan fingerprint density at radius 1 is 0.973 bits per heavy atom. The van der Waals surface area contributed by atoms with Gasteiger partial charge in [0, 0.05) is 11.3 Å². The number of halogens is 2. The Morgan fingerprint density at radius 3 is 2.11 bits per heavy atom. The van der Waals surface area contributed by atoms with Crippen LogP contribution in [-0.4, -0.2) is 41.6 Å². The number of amides is 1. The summed E-state index contributed by atoms with van der Waals surface area (Å²) in [6.07, 6.45) is 0. The van der Waals surface area contributed by atoms with Crippen molar-refractivity contribution in [2.45, 2.75) is 13.0 Å². The molecule has 1 aliphatic heterocycles. The molecule has 1 atom stereocenters. The fourth-order valence-corrected chi connectivity index (χ4v) is 4.73. The smallest absolute Gasteiger partial charge is 0.338 e. The molecule has 1 aliphatic rings. The van der Waals surface area contributed by atoms with Gasteiger partial charge in [-0.25, -0.2) is 4.79 Å². The molecule has 3 aromatic rings. The molecule has 1 unspecified atom stereocenters. The van der Waals surface area contributed by atoms with Crippen molar-refractivity contribution in [3.05, 3.63) is 93.0 Å². The molecule has 10 heteroatoms. The average molecular weight is 542 g/mol. The standard InChI is InChI=1S/C27H21Cl2NO7/c1-3-37-27(35)15-4-8-17(9-5-15)30-22(14-6-10-18(31)11-7-14)21(24(33)26(30)34)23(32)16-12-19(28)25(36-2)20(29)13-16/h4-13,22,31-32H,3H2,1-2H3/b23-21+. The predicted molar refractivity (Wildman–Crippen MR) is 138 cm³/mol. The van der Waals surface area contributed by atoms with Crippen LogP contribution in [0.5, 0.6) is 11.5 Å². The summed E-state index contributed by atoms with van der Waals surface area (Å²) in [5.41, 5.74) is 0.917. The summed E-state index contributed by atoms with van der Waals surface area (Å²) in [5, 5.41) is 21.2. The Kier molecular flexibility index (Phi) is 7.42. The first-order valence-corrected chi connectivity index (χ1v) is 11.8. The zero-order chi connectivity index (χ0) is 26.9. The van der Waals surface area contributed by atoms with Gasteiger partial charge < -0.3 is 19.7 Å². The zero-order valence-electron chi connectivity index (χ0n) is 19.7. The van der Waals surface area contributed by atoms with E-state index < -0.39 is 29.5 Å². The number of hydrogen-bond donors (Lipinski definition) is 2. The number of nitrogens with zero attached hydrogens (tertiary/aromatic N) is 1. The van der Waals surface area contributed by atoms with Gasteiger partial charge in [0.2, 0.25) is 0 Å². The van der Waals surface area contributed by atoms with Gasteiger partial charge in [-0.3, -0.25) is 14.5 Å². The van der Waals surface area contributed by atoms with Gasteiger partial charge in [-0.1, -0.05) is 35.3 Å². The van der Waals surface area contributed by atoms with Crippen molar-refractivity contribution in [1.82, 2.24) is 0 Å². The number of esters is 1. The molecule has 0 saturated carbocycles. The van der Waals surface area contributed by atoms with Crippen LogP contribution in [0.15, 0.2) is 66.2 Å². The first-order chi connectivity index (χ1) is 17.7. The molecular weight excluding hydrogens is 521 g/mol. The van der Waals surface area contributed by atoms with E-state index in [0.29, 0.717) is 11.3 Å². The molecule has 190 valence electrons. The van der Waals surface area contributed by atoms with Gasteiger partial charge in [-0.2, -0.15) is 0 Å². The van der Waals surface area contributed by atoms with Crippen molar-refractivity contribution in [1.29, 1.82) is 0 Å². The van der Waals surface area contributed by atoms with E-state index in [1.807, 2.05) is 0 Å². The van der Waals surface area contributed by atoms with E-state index in [2.05, 4.69) is 0 Å². The average Bonchev–Trinajstić information content (AvgIpc) is 3.14. The quantitative estimate of drug-likeness (QED) is 0.183. The summed E-state index contributed by atoms with van der Waals surface area (Å²) in [7, 11) is 1.39. The Balaban J connectivity index is 1.89. The highest BCUT2D eigenvalue weighted by molar-refractivity contribution is 6.51. The van der Waals surface area contributed by atoms with Gasteiger partial charge in [-0.15, -0.1) is 0 Å².